The minimum absolute atomic E-state index is 0.0153. The number of nitrogens with zero attached hydrogens (tertiary/aromatic N) is 2. The van der Waals surface area contributed by atoms with Crippen LogP contribution in [0.1, 0.15) is 69.8 Å². The number of benzene rings is 1. The Bertz CT molecular complexity index is 959. The smallest absolute Gasteiger partial charge is 0.357 e. The van der Waals surface area contributed by atoms with Crippen molar-refractivity contribution in [1.82, 2.24) is 4.98 Å². The zero-order valence-electron chi connectivity index (χ0n) is 18.1. The number of unbranched alkanes of at least 4 members (excludes halogenated alkanes) is 1. The molecule has 4 nitrogen and oxygen atoms in total. The Balaban J connectivity index is 1.79. The van der Waals surface area contributed by atoms with E-state index in [0.717, 1.165) is 44.8 Å². The van der Waals surface area contributed by atoms with Crippen LogP contribution in [0.2, 0.25) is 0 Å². The van der Waals surface area contributed by atoms with Crippen LogP contribution < -0.4 is 4.90 Å². The fraction of sp³-hybridized carbons (Fsp3) is 0.583. The van der Waals surface area contributed by atoms with Crippen molar-refractivity contribution >= 4 is 22.6 Å². The minimum Gasteiger partial charge on any atom is -0.461 e. The van der Waals surface area contributed by atoms with Crippen LogP contribution in [0.4, 0.5) is 14.5 Å². The Morgan fingerprint density at radius 3 is 2.43 bits per heavy atom. The molecule has 0 spiro atoms. The summed E-state index contributed by atoms with van der Waals surface area (Å²) in [5.41, 5.74) is 1.02. The van der Waals surface area contributed by atoms with Gasteiger partial charge in [-0.15, -0.1) is 0 Å². The van der Waals surface area contributed by atoms with Gasteiger partial charge in [-0.05, 0) is 42.2 Å². The molecular weight excluding hydrogens is 386 g/mol. The van der Waals surface area contributed by atoms with Crippen LogP contribution in [0.5, 0.6) is 0 Å². The SMILES string of the molecule is CCCCOC(=O)c1cc(N2C[C@]3(C)CCCC[C@]3(C)C2)c2cc(F)cc(F)c2n1. The van der Waals surface area contributed by atoms with Gasteiger partial charge in [0, 0.05) is 30.2 Å². The van der Waals surface area contributed by atoms with Crippen LogP contribution in [0, 0.1) is 22.5 Å². The molecule has 2 heterocycles. The zero-order chi connectivity index (χ0) is 21.5. The Hall–Kier alpha value is -2.24. The molecule has 2 aliphatic rings. The highest BCUT2D eigenvalue weighted by Gasteiger charge is 2.52. The van der Waals surface area contributed by atoms with E-state index in [4.69, 9.17) is 4.74 Å². The number of fused-ring (bicyclic) bond motifs is 2. The molecule has 1 saturated heterocycles. The summed E-state index contributed by atoms with van der Waals surface area (Å²) in [5.74, 6) is -1.97. The lowest BCUT2D eigenvalue weighted by atomic mass is 9.60. The largest absolute Gasteiger partial charge is 0.461 e. The molecule has 1 aromatic carbocycles. The van der Waals surface area contributed by atoms with Gasteiger partial charge in [-0.3, -0.25) is 0 Å². The second kappa shape index (κ2) is 7.78. The normalized spacial score (nSPS) is 26.1. The highest BCUT2D eigenvalue weighted by Crippen LogP contribution is 2.56. The third kappa shape index (κ3) is 3.54. The summed E-state index contributed by atoms with van der Waals surface area (Å²) < 4.78 is 34.1. The van der Waals surface area contributed by atoms with E-state index in [1.54, 1.807) is 6.07 Å². The van der Waals surface area contributed by atoms with E-state index in [1.807, 2.05) is 6.92 Å². The fourth-order valence-corrected chi connectivity index (χ4v) is 5.23. The molecular formula is C24H30F2N2O2. The van der Waals surface area contributed by atoms with E-state index in [2.05, 4.69) is 23.7 Å². The molecule has 162 valence electrons. The predicted octanol–water partition coefficient (Wildman–Crippen LogP) is 5.88. The molecule has 6 heteroatoms. The minimum atomic E-state index is -0.761. The van der Waals surface area contributed by atoms with Crippen molar-refractivity contribution in [3.8, 4) is 0 Å². The number of hydrogen-bond acceptors (Lipinski definition) is 4. The first-order valence-electron chi connectivity index (χ1n) is 11.0. The second-order valence-electron chi connectivity index (χ2n) is 9.48. The quantitative estimate of drug-likeness (QED) is 0.451. The molecule has 1 aromatic heterocycles. The number of carbonyl (C=O) groups excluding carboxylic acids is 1. The van der Waals surface area contributed by atoms with E-state index >= 15 is 0 Å². The van der Waals surface area contributed by atoms with E-state index in [0.29, 0.717) is 17.7 Å². The molecule has 1 aliphatic carbocycles. The first kappa shape index (κ1) is 21.0. The summed E-state index contributed by atoms with van der Waals surface area (Å²) in [6, 6.07) is 3.79. The van der Waals surface area contributed by atoms with E-state index in [9.17, 15) is 13.6 Å². The van der Waals surface area contributed by atoms with Crippen molar-refractivity contribution in [3.05, 3.63) is 35.5 Å². The van der Waals surface area contributed by atoms with Crippen molar-refractivity contribution in [2.45, 2.75) is 59.3 Å². The standard InChI is InChI=1S/C24H30F2N2O2/c1-4-5-10-30-22(29)19-13-20(17-11-16(25)12-18(26)21(17)27-19)28-14-23(2)8-6-7-9-24(23,3)15-28/h11-13H,4-10,14-15H2,1-3H3/t23-,24+. The Kier molecular flexibility index (Phi) is 5.45. The number of anilines is 1. The molecule has 2 fully saturated rings. The van der Waals surface area contributed by atoms with Gasteiger partial charge in [0.1, 0.15) is 11.3 Å². The Morgan fingerprint density at radius 2 is 1.80 bits per heavy atom. The number of esters is 1. The highest BCUT2D eigenvalue weighted by atomic mass is 19.1. The van der Waals surface area contributed by atoms with Gasteiger partial charge in [-0.2, -0.15) is 0 Å². The van der Waals surface area contributed by atoms with E-state index in [1.165, 1.54) is 18.9 Å². The highest BCUT2D eigenvalue weighted by molar-refractivity contribution is 5.98. The summed E-state index contributed by atoms with van der Waals surface area (Å²) in [6.07, 6.45) is 6.34. The maximum atomic E-state index is 14.6. The molecule has 30 heavy (non-hydrogen) atoms. The number of pyridine rings is 1. The topological polar surface area (TPSA) is 42.4 Å². The average molecular weight is 417 g/mol. The fourth-order valence-electron chi connectivity index (χ4n) is 5.23. The molecule has 2 atom stereocenters. The van der Waals surface area contributed by atoms with Crippen molar-refractivity contribution in [2.24, 2.45) is 10.8 Å². The second-order valence-corrected chi connectivity index (χ2v) is 9.48. The molecule has 2 aromatic rings. The van der Waals surface area contributed by atoms with Gasteiger partial charge in [0.2, 0.25) is 0 Å². The number of hydrogen-bond donors (Lipinski definition) is 0. The summed E-state index contributed by atoms with van der Waals surface area (Å²) in [6.45, 7) is 8.54. The van der Waals surface area contributed by atoms with Crippen molar-refractivity contribution < 1.29 is 18.3 Å². The van der Waals surface area contributed by atoms with Crippen molar-refractivity contribution in [3.63, 3.8) is 0 Å². The van der Waals surface area contributed by atoms with Crippen molar-refractivity contribution in [2.75, 3.05) is 24.6 Å². The number of halogens is 2. The molecule has 0 amide bonds. The maximum Gasteiger partial charge on any atom is 0.357 e. The average Bonchev–Trinajstić information content (AvgIpc) is 2.98. The number of rotatable bonds is 5. The monoisotopic (exact) mass is 416 g/mol. The third-order valence-electron chi connectivity index (χ3n) is 7.33. The van der Waals surface area contributed by atoms with Crippen LogP contribution in [-0.2, 0) is 4.74 Å². The summed E-state index contributed by atoms with van der Waals surface area (Å²) >= 11 is 0. The summed E-state index contributed by atoms with van der Waals surface area (Å²) in [7, 11) is 0. The van der Waals surface area contributed by atoms with Crippen LogP contribution >= 0.6 is 0 Å². The van der Waals surface area contributed by atoms with Gasteiger partial charge < -0.3 is 9.64 Å². The Morgan fingerprint density at radius 1 is 1.13 bits per heavy atom. The van der Waals surface area contributed by atoms with Gasteiger partial charge >= 0.3 is 5.97 Å². The van der Waals surface area contributed by atoms with Crippen LogP contribution in [0.3, 0.4) is 0 Å². The number of carbonyl (C=O) groups is 1. The molecule has 0 radical (unpaired) electrons. The van der Waals surface area contributed by atoms with Gasteiger partial charge in [0.15, 0.2) is 11.5 Å². The van der Waals surface area contributed by atoms with Crippen LogP contribution in [0.25, 0.3) is 10.9 Å². The molecule has 1 aliphatic heterocycles. The maximum absolute atomic E-state index is 14.6. The lowest BCUT2D eigenvalue weighted by Crippen LogP contribution is -2.38. The van der Waals surface area contributed by atoms with E-state index < -0.39 is 17.6 Å². The molecule has 4 rings (SSSR count). The third-order valence-corrected chi connectivity index (χ3v) is 7.33. The summed E-state index contributed by atoms with van der Waals surface area (Å²) in [5, 5.41) is 0.406. The van der Waals surface area contributed by atoms with Crippen molar-refractivity contribution in [1.29, 1.82) is 0 Å². The first-order valence-corrected chi connectivity index (χ1v) is 11.0. The van der Waals surface area contributed by atoms with Gasteiger partial charge in [-0.1, -0.05) is 40.0 Å². The van der Waals surface area contributed by atoms with Crippen LogP contribution in [0.15, 0.2) is 18.2 Å². The molecule has 0 bridgehead atoms. The Labute approximate surface area is 176 Å². The van der Waals surface area contributed by atoms with Gasteiger partial charge in [0.25, 0.3) is 0 Å². The molecule has 0 unspecified atom stereocenters. The van der Waals surface area contributed by atoms with Gasteiger partial charge in [0.05, 0.1) is 6.61 Å². The lowest BCUT2D eigenvalue weighted by molar-refractivity contribution is 0.0493. The number of ether oxygens (including phenoxy) is 1. The van der Waals surface area contributed by atoms with Gasteiger partial charge in [-0.25, -0.2) is 18.6 Å². The summed E-state index contributed by atoms with van der Waals surface area (Å²) in [4.78, 5) is 19.0. The lowest BCUT2D eigenvalue weighted by Gasteiger charge is -2.43. The number of aromatic nitrogens is 1. The molecule has 1 saturated carbocycles. The molecule has 0 N–H and O–H groups in total. The first-order chi connectivity index (χ1) is 14.3. The predicted molar refractivity (Wildman–Crippen MR) is 114 cm³/mol. The van der Waals surface area contributed by atoms with Crippen LogP contribution in [-0.4, -0.2) is 30.6 Å². The van der Waals surface area contributed by atoms with E-state index in [-0.39, 0.29) is 22.0 Å². The zero-order valence-corrected chi connectivity index (χ0v) is 18.1.